The number of rotatable bonds is 3. The van der Waals surface area contributed by atoms with Crippen LogP contribution in [0.15, 0.2) is 12.2 Å². The van der Waals surface area contributed by atoms with E-state index in [1.54, 1.807) is 6.92 Å². The normalized spacial score (nSPS) is 12.3. The van der Waals surface area contributed by atoms with Crippen molar-refractivity contribution >= 4 is 5.97 Å². The highest BCUT2D eigenvalue weighted by Crippen LogP contribution is 1.99. The zero-order valence-corrected chi connectivity index (χ0v) is 6.39. The van der Waals surface area contributed by atoms with Crippen LogP contribution in [0.25, 0.3) is 0 Å². The van der Waals surface area contributed by atoms with Crippen molar-refractivity contribution in [3.63, 3.8) is 0 Å². The van der Waals surface area contributed by atoms with Gasteiger partial charge in [-0.1, -0.05) is 13.5 Å². The summed E-state index contributed by atoms with van der Waals surface area (Å²) in [5.41, 5.74) is 5.66. The summed E-state index contributed by atoms with van der Waals surface area (Å²) in [6, 6.07) is 0. The van der Waals surface area contributed by atoms with Gasteiger partial charge in [0.1, 0.15) is 6.23 Å². The van der Waals surface area contributed by atoms with E-state index in [1.807, 2.05) is 6.92 Å². The lowest BCUT2D eigenvalue weighted by Crippen LogP contribution is -2.23. The Bertz CT molecular complexity index is 141. The first-order chi connectivity index (χ1) is 4.57. The van der Waals surface area contributed by atoms with Gasteiger partial charge in [0.15, 0.2) is 0 Å². The third-order valence-electron chi connectivity index (χ3n) is 1.01. The molecule has 10 heavy (non-hydrogen) atoms. The summed E-state index contributed by atoms with van der Waals surface area (Å²) in [4.78, 5) is 10.8. The molecule has 0 aromatic rings. The molecule has 1 unspecified atom stereocenters. The lowest BCUT2D eigenvalue weighted by Gasteiger charge is -2.07. The Morgan fingerprint density at radius 3 is 2.60 bits per heavy atom. The maximum Gasteiger partial charge on any atom is 0.334 e. The summed E-state index contributed by atoms with van der Waals surface area (Å²) in [5.74, 6) is -0.405. The molecule has 3 heteroatoms. The molecule has 0 saturated heterocycles. The molecule has 2 N–H and O–H groups in total. The van der Waals surface area contributed by atoms with E-state index < -0.39 is 12.2 Å². The second kappa shape index (κ2) is 4.06. The monoisotopic (exact) mass is 143 g/mol. The van der Waals surface area contributed by atoms with Crippen molar-refractivity contribution in [1.82, 2.24) is 0 Å². The maximum atomic E-state index is 10.8. The van der Waals surface area contributed by atoms with E-state index in [0.717, 1.165) is 0 Å². The van der Waals surface area contributed by atoms with Gasteiger partial charge in [0, 0.05) is 5.57 Å². The standard InChI is InChI=1S/C7H13NO2/c1-4-5(2)7(9)10-6(3)8/h6H,2,4,8H2,1,3H3. The molecular formula is C7H13NO2. The van der Waals surface area contributed by atoms with Gasteiger partial charge in [-0.2, -0.15) is 0 Å². The quantitative estimate of drug-likeness (QED) is 0.361. The molecule has 0 saturated carbocycles. The lowest BCUT2D eigenvalue weighted by molar-refractivity contribution is -0.143. The average Bonchev–Trinajstić information content (AvgIpc) is 1.85. The largest absolute Gasteiger partial charge is 0.444 e. The van der Waals surface area contributed by atoms with Crippen LogP contribution in [0.5, 0.6) is 0 Å². The van der Waals surface area contributed by atoms with Gasteiger partial charge in [-0.15, -0.1) is 0 Å². The molecule has 1 atom stereocenters. The molecule has 0 aromatic carbocycles. The summed E-state index contributed by atoms with van der Waals surface area (Å²) in [7, 11) is 0. The Kier molecular flexibility index (Phi) is 3.72. The van der Waals surface area contributed by atoms with Gasteiger partial charge >= 0.3 is 5.97 Å². The second-order valence-electron chi connectivity index (χ2n) is 2.07. The minimum absolute atomic E-state index is 0.405. The molecule has 0 heterocycles. The predicted molar refractivity (Wildman–Crippen MR) is 39.2 cm³/mol. The van der Waals surface area contributed by atoms with Gasteiger partial charge in [0.2, 0.25) is 0 Å². The van der Waals surface area contributed by atoms with Gasteiger partial charge in [-0.3, -0.25) is 5.73 Å². The van der Waals surface area contributed by atoms with E-state index in [2.05, 4.69) is 11.3 Å². The summed E-state index contributed by atoms with van der Waals surface area (Å²) in [5, 5.41) is 0. The van der Waals surface area contributed by atoms with Crippen molar-refractivity contribution in [3.05, 3.63) is 12.2 Å². The molecule has 0 aliphatic heterocycles. The van der Waals surface area contributed by atoms with Crippen LogP contribution in [0.4, 0.5) is 0 Å². The van der Waals surface area contributed by atoms with Crippen molar-refractivity contribution < 1.29 is 9.53 Å². The van der Waals surface area contributed by atoms with Crippen molar-refractivity contribution in [3.8, 4) is 0 Å². The molecule has 0 fully saturated rings. The first kappa shape index (κ1) is 9.17. The topological polar surface area (TPSA) is 52.3 Å². The highest BCUT2D eigenvalue weighted by Gasteiger charge is 2.07. The van der Waals surface area contributed by atoms with E-state index in [4.69, 9.17) is 5.73 Å². The molecule has 3 nitrogen and oxygen atoms in total. The van der Waals surface area contributed by atoms with Gasteiger partial charge in [-0.05, 0) is 13.3 Å². The van der Waals surface area contributed by atoms with Crippen LogP contribution in [0.3, 0.4) is 0 Å². The molecule has 0 spiro atoms. The third kappa shape index (κ3) is 3.25. The minimum Gasteiger partial charge on any atom is -0.444 e. The molecular weight excluding hydrogens is 130 g/mol. The Labute approximate surface area is 60.9 Å². The Morgan fingerprint density at radius 2 is 2.30 bits per heavy atom. The average molecular weight is 143 g/mol. The van der Waals surface area contributed by atoms with Gasteiger partial charge in [0.05, 0.1) is 0 Å². The van der Waals surface area contributed by atoms with E-state index in [1.165, 1.54) is 0 Å². The fourth-order valence-corrected chi connectivity index (χ4v) is 0.397. The highest BCUT2D eigenvalue weighted by atomic mass is 16.6. The van der Waals surface area contributed by atoms with E-state index in [9.17, 15) is 4.79 Å². The summed E-state index contributed by atoms with van der Waals surface area (Å²) < 4.78 is 4.64. The Balaban J connectivity index is 3.74. The van der Waals surface area contributed by atoms with Crippen molar-refractivity contribution in [2.24, 2.45) is 5.73 Å². The smallest absolute Gasteiger partial charge is 0.334 e. The first-order valence-electron chi connectivity index (χ1n) is 3.22. The van der Waals surface area contributed by atoms with E-state index in [0.29, 0.717) is 12.0 Å². The summed E-state index contributed by atoms with van der Waals surface area (Å²) in [6.07, 6.45) is 0.0572. The van der Waals surface area contributed by atoms with Crippen LogP contribution < -0.4 is 5.73 Å². The number of nitrogens with two attached hydrogens (primary N) is 1. The first-order valence-corrected chi connectivity index (χ1v) is 3.22. The van der Waals surface area contributed by atoms with Crippen LogP contribution in [0.2, 0.25) is 0 Å². The molecule has 0 radical (unpaired) electrons. The molecule has 58 valence electrons. The number of hydrogen-bond donors (Lipinski definition) is 1. The Morgan fingerprint density at radius 1 is 1.80 bits per heavy atom. The summed E-state index contributed by atoms with van der Waals surface area (Å²) >= 11 is 0. The fraction of sp³-hybridized carbons (Fsp3) is 0.571. The number of esters is 1. The molecule has 0 bridgehead atoms. The number of carbonyl (C=O) groups is 1. The zero-order chi connectivity index (χ0) is 8.15. The molecule has 0 rings (SSSR count). The van der Waals surface area contributed by atoms with Crippen molar-refractivity contribution in [2.45, 2.75) is 26.5 Å². The maximum absolute atomic E-state index is 10.8. The third-order valence-corrected chi connectivity index (χ3v) is 1.01. The van der Waals surface area contributed by atoms with Crippen LogP contribution in [-0.2, 0) is 9.53 Å². The van der Waals surface area contributed by atoms with Gasteiger partial charge in [-0.25, -0.2) is 4.79 Å². The zero-order valence-electron chi connectivity index (χ0n) is 6.39. The number of ether oxygens (including phenoxy) is 1. The van der Waals surface area contributed by atoms with E-state index in [-0.39, 0.29) is 0 Å². The van der Waals surface area contributed by atoms with E-state index >= 15 is 0 Å². The van der Waals surface area contributed by atoms with Crippen LogP contribution >= 0.6 is 0 Å². The molecule has 0 aromatic heterocycles. The predicted octanol–water partition coefficient (Wildman–Crippen LogP) is 0.800. The van der Waals surface area contributed by atoms with Crippen molar-refractivity contribution in [2.75, 3.05) is 0 Å². The fourth-order valence-electron chi connectivity index (χ4n) is 0.397. The van der Waals surface area contributed by atoms with Crippen LogP contribution in [-0.4, -0.2) is 12.2 Å². The summed E-state index contributed by atoms with van der Waals surface area (Å²) in [6.45, 7) is 6.93. The second-order valence-corrected chi connectivity index (χ2v) is 2.07. The van der Waals surface area contributed by atoms with Crippen LogP contribution in [0, 0.1) is 0 Å². The van der Waals surface area contributed by atoms with Gasteiger partial charge < -0.3 is 4.74 Å². The highest BCUT2D eigenvalue weighted by molar-refractivity contribution is 5.87. The van der Waals surface area contributed by atoms with Gasteiger partial charge in [0.25, 0.3) is 0 Å². The Hall–Kier alpha value is -0.830. The van der Waals surface area contributed by atoms with Crippen LogP contribution in [0.1, 0.15) is 20.3 Å². The molecule has 0 aliphatic carbocycles. The number of carbonyl (C=O) groups excluding carboxylic acids is 1. The lowest BCUT2D eigenvalue weighted by atomic mass is 10.2. The SMILES string of the molecule is C=C(CC)C(=O)OC(C)N. The van der Waals surface area contributed by atoms with Crippen molar-refractivity contribution in [1.29, 1.82) is 0 Å². The number of hydrogen-bond acceptors (Lipinski definition) is 3. The minimum atomic E-state index is -0.546. The molecule has 0 amide bonds. The molecule has 0 aliphatic rings.